The number of hydrogen-bond acceptors (Lipinski definition) is 4. The molecule has 0 aliphatic rings. The molecule has 126 valence electrons. The van der Waals surface area contributed by atoms with Crippen LogP contribution in [0.2, 0.25) is 0 Å². The summed E-state index contributed by atoms with van der Waals surface area (Å²) in [6.45, 7) is 1.48. The van der Waals surface area contributed by atoms with Crippen molar-refractivity contribution < 1.29 is 19.1 Å². The summed E-state index contributed by atoms with van der Waals surface area (Å²) in [5.41, 5.74) is 1.93. The monoisotopic (exact) mass is 327 g/mol. The van der Waals surface area contributed by atoms with Crippen LogP contribution in [0.1, 0.15) is 29.3 Å². The lowest BCUT2D eigenvalue weighted by molar-refractivity contribution is -0.116. The van der Waals surface area contributed by atoms with Gasteiger partial charge in [0.1, 0.15) is 0 Å². The van der Waals surface area contributed by atoms with Crippen LogP contribution in [-0.2, 0) is 11.2 Å². The Morgan fingerprint density at radius 1 is 1.00 bits per heavy atom. The van der Waals surface area contributed by atoms with E-state index in [0.29, 0.717) is 29.2 Å². The van der Waals surface area contributed by atoms with Crippen molar-refractivity contribution >= 4 is 17.4 Å². The lowest BCUT2D eigenvalue weighted by atomic mass is 10.1. The highest BCUT2D eigenvalue weighted by atomic mass is 16.5. The zero-order valence-corrected chi connectivity index (χ0v) is 14.1. The van der Waals surface area contributed by atoms with Crippen molar-refractivity contribution in [1.29, 1.82) is 0 Å². The number of amides is 1. The minimum Gasteiger partial charge on any atom is -0.493 e. The largest absolute Gasteiger partial charge is 0.493 e. The third-order valence-corrected chi connectivity index (χ3v) is 3.69. The van der Waals surface area contributed by atoms with Gasteiger partial charge < -0.3 is 14.8 Å². The van der Waals surface area contributed by atoms with E-state index in [2.05, 4.69) is 5.32 Å². The molecule has 5 heteroatoms. The Kier molecular flexibility index (Phi) is 5.95. The Hall–Kier alpha value is -2.82. The number of ketones is 1. The van der Waals surface area contributed by atoms with Gasteiger partial charge in [-0.3, -0.25) is 9.59 Å². The zero-order valence-electron chi connectivity index (χ0n) is 14.1. The average molecular weight is 327 g/mol. The maximum absolute atomic E-state index is 12.2. The van der Waals surface area contributed by atoms with Gasteiger partial charge in [-0.25, -0.2) is 0 Å². The van der Waals surface area contributed by atoms with E-state index in [1.807, 2.05) is 18.2 Å². The molecule has 2 aromatic carbocycles. The van der Waals surface area contributed by atoms with Gasteiger partial charge in [0.25, 0.3) is 0 Å². The Balaban J connectivity index is 2.06. The summed E-state index contributed by atoms with van der Waals surface area (Å²) in [5.74, 6) is 1.03. The number of benzene rings is 2. The average Bonchev–Trinajstić information content (AvgIpc) is 2.59. The zero-order chi connectivity index (χ0) is 17.5. The minimum atomic E-state index is -0.159. The molecule has 0 heterocycles. The number of nitrogens with one attached hydrogen (secondary N) is 1. The highest BCUT2D eigenvalue weighted by Gasteiger charge is 2.13. The summed E-state index contributed by atoms with van der Waals surface area (Å²) in [6, 6.07) is 12.5. The highest BCUT2D eigenvalue weighted by molar-refractivity contribution is 6.03. The van der Waals surface area contributed by atoms with Crippen LogP contribution < -0.4 is 14.8 Å². The van der Waals surface area contributed by atoms with E-state index in [4.69, 9.17) is 9.47 Å². The van der Waals surface area contributed by atoms with E-state index in [1.165, 1.54) is 6.92 Å². The summed E-state index contributed by atoms with van der Waals surface area (Å²) < 4.78 is 10.6. The summed E-state index contributed by atoms with van der Waals surface area (Å²) >= 11 is 0. The lowest BCUT2D eigenvalue weighted by Crippen LogP contribution is -2.14. The number of aryl methyl sites for hydroxylation is 1. The fourth-order valence-electron chi connectivity index (χ4n) is 2.51. The second-order valence-corrected chi connectivity index (χ2v) is 5.30. The number of hydrogen-bond donors (Lipinski definition) is 1. The molecular weight excluding hydrogens is 306 g/mol. The normalized spacial score (nSPS) is 10.1. The van der Waals surface area contributed by atoms with Gasteiger partial charge in [-0.2, -0.15) is 0 Å². The molecule has 5 nitrogen and oxygen atoms in total. The molecule has 0 bridgehead atoms. The predicted octanol–water partition coefficient (Wildman–Crippen LogP) is 3.48. The summed E-state index contributed by atoms with van der Waals surface area (Å²) in [5, 5.41) is 2.80. The number of ether oxygens (including phenoxy) is 2. The number of Topliss-reactive ketones (excluding diaryl/α,β-unsaturated/α-hetero) is 1. The van der Waals surface area contributed by atoms with Crippen molar-refractivity contribution in [3.8, 4) is 11.5 Å². The predicted molar refractivity (Wildman–Crippen MR) is 92.9 cm³/mol. The van der Waals surface area contributed by atoms with Crippen molar-refractivity contribution in [3.05, 3.63) is 53.6 Å². The fourth-order valence-corrected chi connectivity index (χ4v) is 2.51. The molecule has 0 aromatic heterocycles. The summed E-state index contributed by atoms with van der Waals surface area (Å²) in [4.78, 5) is 23.8. The standard InChI is InChI=1S/C19H21NO4/c1-13(21)15-8-4-5-9-16(15)20-18(22)12-11-14-7-6-10-17(23-2)19(14)24-3/h4-10H,11-12H2,1-3H3,(H,20,22). The molecule has 2 aromatic rings. The third kappa shape index (κ3) is 4.13. The van der Waals surface area contributed by atoms with E-state index in [1.54, 1.807) is 38.5 Å². The van der Waals surface area contributed by atoms with Gasteiger partial charge in [0, 0.05) is 12.0 Å². The molecule has 0 saturated carbocycles. The van der Waals surface area contributed by atoms with Crippen LogP contribution in [0, 0.1) is 0 Å². The molecule has 0 atom stereocenters. The number of rotatable bonds is 7. The summed E-state index contributed by atoms with van der Waals surface area (Å²) in [6.07, 6.45) is 0.782. The van der Waals surface area contributed by atoms with Crippen molar-refractivity contribution in [3.63, 3.8) is 0 Å². The van der Waals surface area contributed by atoms with E-state index in [0.717, 1.165) is 5.56 Å². The number of para-hydroxylation sites is 2. The minimum absolute atomic E-state index is 0.0830. The first kappa shape index (κ1) is 17.5. The fraction of sp³-hybridized carbons (Fsp3) is 0.263. The number of carbonyl (C=O) groups excluding carboxylic acids is 2. The van der Waals surface area contributed by atoms with Crippen molar-refractivity contribution in [2.24, 2.45) is 0 Å². The molecule has 1 N–H and O–H groups in total. The Morgan fingerprint density at radius 2 is 1.75 bits per heavy atom. The molecule has 0 aliphatic carbocycles. The third-order valence-electron chi connectivity index (χ3n) is 3.69. The van der Waals surface area contributed by atoms with E-state index < -0.39 is 0 Å². The lowest BCUT2D eigenvalue weighted by Gasteiger charge is -2.13. The van der Waals surface area contributed by atoms with Crippen LogP contribution >= 0.6 is 0 Å². The molecule has 2 rings (SSSR count). The molecule has 0 fully saturated rings. The second kappa shape index (κ2) is 8.15. The highest BCUT2D eigenvalue weighted by Crippen LogP contribution is 2.31. The van der Waals surface area contributed by atoms with E-state index >= 15 is 0 Å². The summed E-state index contributed by atoms with van der Waals surface area (Å²) in [7, 11) is 3.15. The van der Waals surface area contributed by atoms with Crippen LogP contribution in [-0.4, -0.2) is 25.9 Å². The Bertz CT molecular complexity index is 740. The SMILES string of the molecule is COc1cccc(CCC(=O)Nc2ccccc2C(C)=O)c1OC. The number of anilines is 1. The molecule has 0 unspecified atom stereocenters. The van der Waals surface area contributed by atoms with Crippen molar-refractivity contribution in [2.45, 2.75) is 19.8 Å². The van der Waals surface area contributed by atoms with Gasteiger partial charge in [-0.15, -0.1) is 0 Å². The Labute approximate surface area is 141 Å². The molecule has 1 amide bonds. The van der Waals surface area contributed by atoms with Crippen LogP contribution in [0.5, 0.6) is 11.5 Å². The second-order valence-electron chi connectivity index (χ2n) is 5.30. The van der Waals surface area contributed by atoms with Gasteiger partial charge in [0.05, 0.1) is 19.9 Å². The molecule has 24 heavy (non-hydrogen) atoms. The van der Waals surface area contributed by atoms with Gasteiger partial charge >= 0.3 is 0 Å². The molecule has 0 aliphatic heterocycles. The van der Waals surface area contributed by atoms with Crippen LogP contribution in [0.25, 0.3) is 0 Å². The van der Waals surface area contributed by atoms with Gasteiger partial charge in [0.2, 0.25) is 5.91 Å². The topological polar surface area (TPSA) is 64.6 Å². The first-order valence-electron chi connectivity index (χ1n) is 7.66. The smallest absolute Gasteiger partial charge is 0.224 e. The van der Waals surface area contributed by atoms with E-state index in [-0.39, 0.29) is 18.1 Å². The van der Waals surface area contributed by atoms with Crippen LogP contribution in [0.15, 0.2) is 42.5 Å². The van der Waals surface area contributed by atoms with Crippen molar-refractivity contribution in [1.82, 2.24) is 0 Å². The molecule has 0 spiro atoms. The number of methoxy groups -OCH3 is 2. The molecule has 0 saturated heterocycles. The number of carbonyl (C=O) groups is 2. The van der Waals surface area contributed by atoms with Crippen LogP contribution in [0.4, 0.5) is 5.69 Å². The quantitative estimate of drug-likeness (QED) is 0.791. The maximum Gasteiger partial charge on any atom is 0.224 e. The maximum atomic E-state index is 12.2. The molecular formula is C19H21NO4. The van der Waals surface area contributed by atoms with Gasteiger partial charge in [0.15, 0.2) is 17.3 Å². The van der Waals surface area contributed by atoms with Gasteiger partial charge in [-0.05, 0) is 37.1 Å². The van der Waals surface area contributed by atoms with Crippen LogP contribution in [0.3, 0.4) is 0 Å². The first-order valence-corrected chi connectivity index (χ1v) is 7.66. The first-order chi connectivity index (χ1) is 11.6. The van der Waals surface area contributed by atoms with Gasteiger partial charge in [-0.1, -0.05) is 24.3 Å². The Morgan fingerprint density at radius 3 is 2.42 bits per heavy atom. The molecule has 0 radical (unpaired) electrons. The van der Waals surface area contributed by atoms with E-state index in [9.17, 15) is 9.59 Å². The van der Waals surface area contributed by atoms with Crippen molar-refractivity contribution in [2.75, 3.05) is 19.5 Å².